The quantitative estimate of drug-likeness (QED) is 0.219. The van der Waals surface area contributed by atoms with Crippen molar-refractivity contribution in [3.63, 3.8) is 0 Å². The Morgan fingerprint density at radius 1 is 1.00 bits per heavy atom. The maximum absolute atomic E-state index is 10.6. The van der Waals surface area contributed by atoms with Crippen LogP contribution in [-0.4, -0.2) is 80.6 Å². The summed E-state index contributed by atoms with van der Waals surface area (Å²) < 4.78 is 7.61. The van der Waals surface area contributed by atoms with E-state index in [-0.39, 0.29) is 0 Å². The molecule has 10 heteroatoms. The van der Waals surface area contributed by atoms with Gasteiger partial charge < -0.3 is 40.1 Å². The number of hydrogen-bond acceptors (Lipinski definition) is 9. The highest BCUT2D eigenvalue weighted by Gasteiger charge is 2.31. The molecule has 0 radical (unpaired) electrons. The van der Waals surface area contributed by atoms with Gasteiger partial charge in [0, 0.05) is 0 Å². The molecule has 0 amide bonds. The molecule has 18 heavy (non-hydrogen) atoms. The molecule has 0 aromatic heterocycles. The van der Waals surface area contributed by atoms with Crippen LogP contribution in [0.3, 0.4) is 0 Å². The van der Waals surface area contributed by atoms with E-state index in [0.717, 1.165) is 0 Å². The Bertz CT molecular complexity index is 279. The predicted octanol–water partition coefficient (Wildman–Crippen LogP) is -2.75. The van der Waals surface area contributed by atoms with Crippen molar-refractivity contribution < 1.29 is 49.7 Å². The van der Waals surface area contributed by atoms with Crippen LogP contribution in [0.25, 0.3) is 0 Å². The summed E-state index contributed by atoms with van der Waals surface area (Å²) in [4.78, 5) is 20.5. The molecule has 10 nitrogen and oxygen atoms in total. The lowest BCUT2D eigenvalue weighted by atomic mass is 10.0. The number of carbonyl (C=O) groups excluding carboxylic acids is 1. The zero-order valence-corrected chi connectivity index (χ0v) is 9.04. The molecule has 0 aliphatic heterocycles. The zero-order valence-electron chi connectivity index (χ0n) is 9.04. The molecule has 0 saturated heterocycles. The molecule has 0 saturated carbocycles. The first-order valence-electron chi connectivity index (χ1n) is 4.70. The molecule has 0 heterocycles. The van der Waals surface area contributed by atoms with Gasteiger partial charge in [-0.15, -0.1) is 0 Å². The predicted molar refractivity (Wildman–Crippen MR) is 51.6 cm³/mol. The van der Waals surface area contributed by atoms with Crippen LogP contribution in [0.5, 0.6) is 0 Å². The molecule has 4 atom stereocenters. The van der Waals surface area contributed by atoms with Crippen LogP contribution in [0, 0.1) is 0 Å². The third kappa shape index (κ3) is 5.75. The molecule has 6 N–H and O–H groups in total. The minimum atomic E-state index is -1.91. The Labute approximate surface area is 101 Å². The normalized spacial score (nSPS) is 17.4. The fourth-order valence-electron chi connectivity index (χ4n) is 0.916. The van der Waals surface area contributed by atoms with Crippen molar-refractivity contribution in [1.82, 2.24) is 0 Å². The summed E-state index contributed by atoms with van der Waals surface area (Å²) in [6.45, 7) is -1.73. The van der Waals surface area contributed by atoms with Crippen molar-refractivity contribution in [1.29, 1.82) is 0 Å². The molecule has 0 spiro atoms. The van der Waals surface area contributed by atoms with Crippen LogP contribution in [0.2, 0.25) is 0 Å². The van der Waals surface area contributed by atoms with E-state index < -0.39 is 49.9 Å². The fraction of sp³-hybridized carbons (Fsp3) is 0.750. The second-order valence-corrected chi connectivity index (χ2v) is 3.23. The van der Waals surface area contributed by atoms with E-state index in [0.29, 0.717) is 0 Å². The lowest BCUT2D eigenvalue weighted by molar-refractivity contribution is -0.125. The first-order chi connectivity index (χ1) is 8.29. The van der Waals surface area contributed by atoms with Crippen molar-refractivity contribution in [3.8, 4) is 0 Å². The van der Waals surface area contributed by atoms with Crippen molar-refractivity contribution in [2.45, 2.75) is 24.4 Å². The molecule has 0 aliphatic carbocycles. The average Bonchev–Trinajstić information content (AvgIpc) is 2.32. The maximum atomic E-state index is 10.6. The highest BCUT2D eigenvalue weighted by molar-refractivity contribution is 5.75. The summed E-state index contributed by atoms with van der Waals surface area (Å²) in [5, 5.41) is 53.1. The summed E-state index contributed by atoms with van der Waals surface area (Å²) in [6.07, 6.45) is -10.8. The van der Waals surface area contributed by atoms with Crippen molar-refractivity contribution in [3.05, 3.63) is 0 Å². The minimum Gasteiger partial charge on any atom is -0.449 e. The van der Waals surface area contributed by atoms with Crippen LogP contribution in [0.15, 0.2) is 0 Å². The molecule has 0 aromatic rings. The standard InChI is InChI=1S/C8H14O10/c9-1-3(10)5(12)6(13)4(11)2-17-8(16)18-7(14)15/h3-6,9-13H,1-2H2,(H,14,15)/t3-,4+,5-,6-/m1/s1. The Morgan fingerprint density at radius 3 is 1.94 bits per heavy atom. The van der Waals surface area contributed by atoms with Crippen LogP contribution >= 0.6 is 0 Å². The monoisotopic (exact) mass is 270 g/mol. The summed E-state index contributed by atoms with van der Waals surface area (Å²) in [5.74, 6) is 0. The van der Waals surface area contributed by atoms with E-state index in [1.165, 1.54) is 0 Å². The average molecular weight is 270 g/mol. The second-order valence-electron chi connectivity index (χ2n) is 3.23. The first kappa shape index (κ1) is 16.5. The van der Waals surface area contributed by atoms with E-state index in [4.69, 9.17) is 15.3 Å². The van der Waals surface area contributed by atoms with Crippen molar-refractivity contribution >= 4 is 12.3 Å². The Morgan fingerprint density at radius 2 is 1.50 bits per heavy atom. The van der Waals surface area contributed by atoms with Crippen LogP contribution in [0.4, 0.5) is 9.59 Å². The second kappa shape index (κ2) is 7.79. The van der Waals surface area contributed by atoms with Crippen molar-refractivity contribution in [2.75, 3.05) is 13.2 Å². The largest absolute Gasteiger partial charge is 0.518 e. The molecule has 0 unspecified atom stereocenters. The number of carboxylic acid groups (broad SMARTS) is 1. The molecular formula is C8H14O10. The van der Waals surface area contributed by atoms with Gasteiger partial charge >= 0.3 is 12.3 Å². The van der Waals surface area contributed by atoms with Crippen LogP contribution in [-0.2, 0) is 9.47 Å². The first-order valence-corrected chi connectivity index (χ1v) is 4.70. The molecular weight excluding hydrogens is 256 g/mol. The molecule has 0 fully saturated rings. The summed E-state index contributed by atoms with van der Waals surface area (Å²) in [6, 6.07) is 0. The highest BCUT2D eigenvalue weighted by Crippen LogP contribution is 2.06. The van der Waals surface area contributed by atoms with E-state index >= 15 is 0 Å². The smallest absolute Gasteiger partial charge is 0.449 e. The van der Waals surface area contributed by atoms with E-state index in [1.807, 2.05) is 0 Å². The number of carbonyl (C=O) groups is 2. The van der Waals surface area contributed by atoms with Crippen LogP contribution < -0.4 is 0 Å². The molecule has 106 valence electrons. The van der Waals surface area contributed by atoms with Gasteiger partial charge in [0.1, 0.15) is 31.0 Å². The number of aliphatic hydroxyl groups is 5. The van der Waals surface area contributed by atoms with Gasteiger partial charge in [0.25, 0.3) is 0 Å². The maximum Gasteiger partial charge on any atom is 0.518 e. The number of rotatable bonds is 6. The Kier molecular flexibility index (Phi) is 7.16. The Balaban J connectivity index is 4.12. The van der Waals surface area contributed by atoms with Gasteiger partial charge in [0.05, 0.1) is 6.61 Å². The minimum absolute atomic E-state index is 0.854. The third-order valence-electron chi connectivity index (χ3n) is 1.87. The summed E-state index contributed by atoms with van der Waals surface area (Å²) in [7, 11) is 0. The van der Waals surface area contributed by atoms with E-state index in [2.05, 4.69) is 9.47 Å². The third-order valence-corrected chi connectivity index (χ3v) is 1.87. The molecule has 0 aromatic carbocycles. The zero-order chi connectivity index (χ0) is 14.3. The lowest BCUT2D eigenvalue weighted by Crippen LogP contribution is -2.47. The van der Waals surface area contributed by atoms with Gasteiger partial charge in [0.15, 0.2) is 0 Å². The molecule has 0 aliphatic rings. The molecule has 0 rings (SSSR count). The topological polar surface area (TPSA) is 174 Å². The van der Waals surface area contributed by atoms with Crippen LogP contribution in [0.1, 0.15) is 0 Å². The van der Waals surface area contributed by atoms with Gasteiger partial charge in [-0.05, 0) is 0 Å². The Hall–Kier alpha value is -1.46. The van der Waals surface area contributed by atoms with Gasteiger partial charge in [-0.1, -0.05) is 0 Å². The van der Waals surface area contributed by atoms with Crippen molar-refractivity contribution in [2.24, 2.45) is 0 Å². The van der Waals surface area contributed by atoms with Gasteiger partial charge in [-0.3, -0.25) is 0 Å². The van der Waals surface area contributed by atoms with E-state index in [9.17, 15) is 24.9 Å². The number of ether oxygens (including phenoxy) is 2. The molecule has 0 bridgehead atoms. The van der Waals surface area contributed by atoms with Gasteiger partial charge in [-0.2, -0.15) is 0 Å². The lowest BCUT2D eigenvalue weighted by Gasteiger charge is -2.25. The SMILES string of the molecule is O=C(O)OC(=O)OC[C@H](O)[C@@H](O)[C@H](O)[C@H](O)CO. The van der Waals surface area contributed by atoms with Gasteiger partial charge in [0.2, 0.25) is 0 Å². The van der Waals surface area contributed by atoms with Gasteiger partial charge in [-0.25, -0.2) is 9.59 Å². The summed E-state index contributed by atoms with van der Waals surface area (Å²) in [5.41, 5.74) is 0. The highest BCUT2D eigenvalue weighted by atomic mass is 16.8. The number of hydrogen-bond donors (Lipinski definition) is 6. The fourth-order valence-corrected chi connectivity index (χ4v) is 0.916. The summed E-state index contributed by atoms with van der Waals surface area (Å²) >= 11 is 0. The van der Waals surface area contributed by atoms with E-state index in [1.54, 1.807) is 0 Å². The number of aliphatic hydroxyl groups excluding tert-OH is 5.